The monoisotopic (exact) mass is 206 g/mol. The summed E-state index contributed by atoms with van der Waals surface area (Å²) >= 11 is 0. The first-order valence-electron chi connectivity index (χ1n) is 5.66. The zero-order valence-electron chi connectivity index (χ0n) is 9.16. The third-order valence-electron chi connectivity index (χ3n) is 4.44. The Hall–Kier alpha value is -0.800. The van der Waals surface area contributed by atoms with E-state index >= 15 is 0 Å². The molecule has 2 aliphatic carbocycles. The van der Waals surface area contributed by atoms with Gasteiger partial charge in [0, 0.05) is 19.4 Å². The van der Waals surface area contributed by atoms with Crippen LogP contribution < -0.4 is 5.73 Å². The van der Waals surface area contributed by atoms with E-state index in [4.69, 9.17) is 5.73 Å². The van der Waals surface area contributed by atoms with Crippen LogP contribution in [0.4, 0.5) is 0 Å². The van der Waals surface area contributed by atoms with Crippen LogP contribution in [0.25, 0.3) is 0 Å². The Morgan fingerprint density at radius 1 is 1.40 bits per heavy atom. The minimum atomic E-state index is -0.484. The predicted molar refractivity (Wildman–Crippen MR) is 58.4 cm³/mol. The van der Waals surface area contributed by atoms with Gasteiger partial charge in [-0.05, 0) is 42.2 Å². The average molecular weight is 206 g/mol. The molecule has 1 heterocycles. The van der Waals surface area contributed by atoms with Gasteiger partial charge in [-0.15, -0.1) is 0 Å². The first-order chi connectivity index (χ1) is 7.11. The van der Waals surface area contributed by atoms with Crippen LogP contribution in [0.15, 0.2) is 12.4 Å². The van der Waals surface area contributed by atoms with Gasteiger partial charge in [0.25, 0.3) is 0 Å². The maximum atomic E-state index is 9.65. The summed E-state index contributed by atoms with van der Waals surface area (Å²) in [6.45, 7) is 0.0734. The van der Waals surface area contributed by atoms with Crippen molar-refractivity contribution < 1.29 is 5.11 Å². The third kappa shape index (κ3) is 1.02. The number of aryl methyl sites for hydroxylation is 2. The summed E-state index contributed by atoms with van der Waals surface area (Å²) in [5, 5.41) is 9.65. The smallest absolute Gasteiger partial charge is 0.0718 e. The van der Waals surface area contributed by atoms with Crippen LogP contribution >= 0.6 is 0 Å². The normalized spacial score (nSPS) is 31.7. The number of aliphatic hydroxyl groups excluding tert-OH is 1. The zero-order valence-corrected chi connectivity index (χ0v) is 9.16. The van der Waals surface area contributed by atoms with E-state index in [2.05, 4.69) is 17.0 Å². The van der Waals surface area contributed by atoms with E-state index in [-0.39, 0.29) is 12.0 Å². The molecule has 1 spiro atoms. The Labute approximate surface area is 89.9 Å². The number of aromatic nitrogens is 1. The average Bonchev–Trinajstić information content (AvgIpc) is 2.91. The van der Waals surface area contributed by atoms with Crippen molar-refractivity contribution in [3.63, 3.8) is 0 Å². The van der Waals surface area contributed by atoms with Crippen molar-refractivity contribution in [3.05, 3.63) is 23.5 Å². The van der Waals surface area contributed by atoms with Crippen LogP contribution in [-0.4, -0.2) is 16.3 Å². The highest BCUT2D eigenvalue weighted by atomic mass is 16.3. The fraction of sp³-hybridized carbons (Fsp3) is 0.667. The molecule has 0 amide bonds. The van der Waals surface area contributed by atoms with Gasteiger partial charge in [-0.1, -0.05) is 0 Å². The molecular weight excluding hydrogens is 188 g/mol. The lowest BCUT2D eigenvalue weighted by atomic mass is 9.69. The molecule has 0 radical (unpaired) electrons. The molecule has 3 rings (SSSR count). The molecule has 1 saturated carbocycles. The van der Waals surface area contributed by atoms with Crippen molar-refractivity contribution in [2.24, 2.45) is 18.2 Å². The van der Waals surface area contributed by atoms with E-state index in [1.165, 1.54) is 24.0 Å². The number of hydrogen-bond acceptors (Lipinski definition) is 2. The first kappa shape index (κ1) is 9.43. The standard InChI is InChI=1S/C12H18N2O/c1-14-6-9-2-3-11(4-5-11)12(13,8-15)10(9)7-14/h6-7,15H,2-5,8,13H2,1H3. The lowest BCUT2D eigenvalue weighted by Gasteiger charge is -2.40. The fourth-order valence-corrected chi connectivity index (χ4v) is 3.22. The molecule has 1 unspecified atom stereocenters. The topological polar surface area (TPSA) is 51.2 Å². The van der Waals surface area contributed by atoms with Crippen LogP contribution in [-0.2, 0) is 19.0 Å². The summed E-state index contributed by atoms with van der Waals surface area (Å²) in [5.41, 5.74) is 8.68. The number of rotatable bonds is 1. The summed E-state index contributed by atoms with van der Waals surface area (Å²) < 4.78 is 2.06. The quantitative estimate of drug-likeness (QED) is 0.717. The highest BCUT2D eigenvalue weighted by Crippen LogP contribution is 2.62. The molecule has 2 aliphatic rings. The van der Waals surface area contributed by atoms with Gasteiger partial charge < -0.3 is 15.4 Å². The van der Waals surface area contributed by atoms with Crippen LogP contribution in [0.2, 0.25) is 0 Å². The molecule has 1 aromatic rings. The fourth-order valence-electron chi connectivity index (χ4n) is 3.22. The van der Waals surface area contributed by atoms with E-state index in [1.54, 1.807) is 0 Å². The van der Waals surface area contributed by atoms with Crippen molar-refractivity contribution in [1.82, 2.24) is 4.57 Å². The second kappa shape index (κ2) is 2.66. The molecule has 0 aliphatic heterocycles. The first-order valence-corrected chi connectivity index (χ1v) is 5.66. The second-order valence-corrected chi connectivity index (χ2v) is 5.27. The molecule has 0 aromatic carbocycles. The van der Waals surface area contributed by atoms with Gasteiger partial charge in [0.2, 0.25) is 0 Å². The van der Waals surface area contributed by atoms with Crippen LogP contribution in [0.1, 0.15) is 30.4 Å². The Morgan fingerprint density at radius 3 is 2.73 bits per heavy atom. The Kier molecular flexibility index (Phi) is 1.67. The Morgan fingerprint density at radius 2 is 2.13 bits per heavy atom. The summed E-state index contributed by atoms with van der Waals surface area (Å²) in [6, 6.07) is 0. The van der Waals surface area contributed by atoms with Crippen LogP contribution in [0.5, 0.6) is 0 Å². The number of aliphatic hydroxyl groups is 1. The van der Waals surface area contributed by atoms with Crippen LogP contribution in [0.3, 0.4) is 0 Å². The maximum absolute atomic E-state index is 9.65. The molecule has 1 atom stereocenters. The van der Waals surface area contributed by atoms with Gasteiger partial charge in [0.1, 0.15) is 0 Å². The van der Waals surface area contributed by atoms with Gasteiger partial charge in [0.05, 0.1) is 12.1 Å². The van der Waals surface area contributed by atoms with Crippen molar-refractivity contribution in [2.75, 3.05) is 6.61 Å². The van der Waals surface area contributed by atoms with E-state index in [0.717, 1.165) is 12.8 Å². The molecular formula is C12H18N2O. The number of nitrogens with zero attached hydrogens (tertiary/aromatic N) is 1. The van der Waals surface area contributed by atoms with Gasteiger partial charge in [-0.25, -0.2) is 0 Å². The van der Waals surface area contributed by atoms with Gasteiger partial charge in [0.15, 0.2) is 0 Å². The number of hydrogen-bond donors (Lipinski definition) is 2. The Balaban J connectivity index is 2.15. The Bertz CT molecular complexity index is 406. The van der Waals surface area contributed by atoms with E-state index in [0.29, 0.717) is 0 Å². The molecule has 3 N–H and O–H groups in total. The largest absolute Gasteiger partial charge is 0.394 e. The van der Waals surface area contributed by atoms with Crippen molar-refractivity contribution >= 4 is 0 Å². The summed E-state index contributed by atoms with van der Waals surface area (Å²) in [6.07, 6.45) is 8.85. The number of fused-ring (bicyclic) bond motifs is 1. The maximum Gasteiger partial charge on any atom is 0.0718 e. The zero-order chi connectivity index (χ0) is 10.7. The van der Waals surface area contributed by atoms with Gasteiger partial charge in [-0.3, -0.25) is 0 Å². The highest BCUT2D eigenvalue weighted by Gasteiger charge is 2.60. The van der Waals surface area contributed by atoms with E-state index in [1.807, 2.05) is 7.05 Å². The minimum Gasteiger partial charge on any atom is -0.394 e. The summed E-state index contributed by atoms with van der Waals surface area (Å²) in [7, 11) is 2.02. The predicted octanol–water partition coefficient (Wildman–Crippen LogP) is 0.898. The van der Waals surface area contributed by atoms with Crippen molar-refractivity contribution in [3.8, 4) is 0 Å². The van der Waals surface area contributed by atoms with Crippen molar-refractivity contribution in [1.29, 1.82) is 0 Å². The summed E-state index contributed by atoms with van der Waals surface area (Å²) in [4.78, 5) is 0. The molecule has 15 heavy (non-hydrogen) atoms. The molecule has 3 nitrogen and oxygen atoms in total. The van der Waals surface area contributed by atoms with Gasteiger partial charge >= 0.3 is 0 Å². The third-order valence-corrected chi connectivity index (χ3v) is 4.44. The lowest BCUT2D eigenvalue weighted by molar-refractivity contribution is 0.109. The van der Waals surface area contributed by atoms with Crippen LogP contribution in [0, 0.1) is 5.41 Å². The SMILES string of the molecule is Cn1cc2c(c1)C(N)(CO)C1(CC2)CC1. The second-order valence-electron chi connectivity index (χ2n) is 5.27. The van der Waals surface area contributed by atoms with Gasteiger partial charge in [-0.2, -0.15) is 0 Å². The van der Waals surface area contributed by atoms with Crippen molar-refractivity contribution in [2.45, 2.75) is 31.2 Å². The molecule has 82 valence electrons. The van der Waals surface area contributed by atoms with E-state index < -0.39 is 5.54 Å². The molecule has 3 heteroatoms. The molecule has 0 bridgehead atoms. The minimum absolute atomic E-state index is 0.0734. The highest BCUT2D eigenvalue weighted by molar-refractivity contribution is 5.39. The molecule has 1 fully saturated rings. The number of nitrogens with two attached hydrogens (primary N) is 1. The van der Waals surface area contributed by atoms with E-state index in [9.17, 15) is 5.11 Å². The lowest BCUT2D eigenvalue weighted by Crippen LogP contribution is -2.51. The summed E-state index contributed by atoms with van der Waals surface area (Å²) in [5.74, 6) is 0. The molecule has 0 saturated heterocycles. The molecule has 1 aromatic heterocycles.